The minimum atomic E-state index is -0.436. The zero-order valence-electron chi connectivity index (χ0n) is 20.3. The maximum Gasteiger partial charge on any atom is 0.288 e. The van der Waals surface area contributed by atoms with Crippen LogP contribution in [0.15, 0.2) is 35.6 Å². The Morgan fingerprint density at radius 3 is 2.44 bits per heavy atom. The largest absolute Gasteiger partial charge is 0.353 e. The smallest absolute Gasteiger partial charge is 0.288 e. The number of anilines is 1. The van der Waals surface area contributed by atoms with Crippen molar-refractivity contribution >= 4 is 52.6 Å². The van der Waals surface area contributed by atoms with Crippen LogP contribution >= 0.6 is 23.2 Å². The van der Waals surface area contributed by atoms with E-state index in [9.17, 15) is 14.4 Å². The van der Waals surface area contributed by atoms with Gasteiger partial charge in [0.05, 0.1) is 40.1 Å². The highest BCUT2D eigenvalue weighted by Gasteiger charge is 2.46. The number of carbonyl (C=O) groups excluding carboxylic acids is 3. The molecule has 1 aromatic carbocycles. The van der Waals surface area contributed by atoms with Crippen molar-refractivity contribution in [2.45, 2.75) is 45.3 Å². The third kappa shape index (κ3) is 5.01. The van der Waals surface area contributed by atoms with Crippen molar-refractivity contribution in [1.29, 1.82) is 0 Å². The molecule has 2 unspecified atom stereocenters. The zero-order chi connectivity index (χ0) is 26.1. The van der Waals surface area contributed by atoms with Gasteiger partial charge in [-0.05, 0) is 45.4 Å². The highest BCUT2D eigenvalue weighted by Crippen LogP contribution is 2.33. The van der Waals surface area contributed by atoms with E-state index < -0.39 is 17.9 Å². The van der Waals surface area contributed by atoms with Gasteiger partial charge in [-0.2, -0.15) is 0 Å². The number of aromatic nitrogens is 2. The summed E-state index contributed by atoms with van der Waals surface area (Å²) in [4.78, 5) is 55.1. The van der Waals surface area contributed by atoms with Gasteiger partial charge in [0.1, 0.15) is 0 Å². The van der Waals surface area contributed by atoms with Gasteiger partial charge in [-0.3, -0.25) is 14.4 Å². The zero-order valence-corrected chi connectivity index (χ0v) is 21.8. The van der Waals surface area contributed by atoms with Gasteiger partial charge in [-0.1, -0.05) is 23.2 Å². The number of benzene rings is 1. The number of amides is 3. The van der Waals surface area contributed by atoms with Crippen molar-refractivity contribution in [3.05, 3.63) is 52.0 Å². The highest BCUT2D eigenvalue weighted by atomic mass is 35.5. The minimum Gasteiger partial charge on any atom is -0.353 e. The summed E-state index contributed by atoms with van der Waals surface area (Å²) in [7, 11) is 1.49. The van der Waals surface area contributed by atoms with E-state index in [2.05, 4.69) is 20.6 Å². The number of likely N-dealkylation sites (tertiary alicyclic amines) is 1. The van der Waals surface area contributed by atoms with Gasteiger partial charge in [-0.25, -0.2) is 19.9 Å². The first-order valence-corrected chi connectivity index (χ1v) is 12.3. The topological polar surface area (TPSA) is 120 Å². The van der Waals surface area contributed by atoms with Crippen molar-refractivity contribution in [3.63, 3.8) is 0 Å². The van der Waals surface area contributed by atoms with E-state index in [1.165, 1.54) is 24.3 Å². The van der Waals surface area contributed by atoms with Crippen LogP contribution in [0.1, 0.15) is 48.2 Å². The van der Waals surface area contributed by atoms with Gasteiger partial charge < -0.3 is 15.5 Å². The number of piperidine rings is 1. The first-order valence-electron chi connectivity index (χ1n) is 11.6. The van der Waals surface area contributed by atoms with Crippen LogP contribution in [0.4, 0.5) is 5.69 Å². The molecule has 3 atom stereocenters. The van der Waals surface area contributed by atoms with Crippen LogP contribution < -0.4 is 15.5 Å². The summed E-state index contributed by atoms with van der Waals surface area (Å²) in [5.41, 5.74) is 0.830. The normalized spacial score (nSPS) is 21.7. The van der Waals surface area contributed by atoms with Crippen LogP contribution in [0.2, 0.25) is 10.0 Å². The lowest BCUT2D eigenvalue weighted by Crippen LogP contribution is -2.61. The summed E-state index contributed by atoms with van der Waals surface area (Å²) in [6, 6.07) is 4.14. The quantitative estimate of drug-likeness (QED) is 0.625. The number of halogens is 2. The van der Waals surface area contributed by atoms with E-state index in [-0.39, 0.29) is 36.3 Å². The number of aliphatic imine (C=N–C) groups is 1. The van der Waals surface area contributed by atoms with Crippen LogP contribution in [-0.2, 0) is 4.79 Å². The first-order chi connectivity index (χ1) is 17.1. The molecule has 10 nitrogen and oxygen atoms in total. The van der Waals surface area contributed by atoms with Crippen LogP contribution in [0, 0.1) is 5.92 Å². The molecule has 0 aliphatic carbocycles. The van der Waals surface area contributed by atoms with Gasteiger partial charge in [0.25, 0.3) is 11.8 Å². The van der Waals surface area contributed by atoms with E-state index in [1.807, 2.05) is 20.8 Å². The SMILES string of the molecule is CNC(=O)c1ncc(N2C(=O)C3C[C@@H](C)N(C(=O)c4ccc(Cl)c(Cl)c4)CC3N=C2NC(C)C)cn1. The summed E-state index contributed by atoms with van der Waals surface area (Å²) in [5.74, 6) is -0.863. The summed E-state index contributed by atoms with van der Waals surface area (Å²) >= 11 is 12.1. The molecule has 1 aromatic heterocycles. The van der Waals surface area contributed by atoms with E-state index in [0.717, 1.165) is 0 Å². The molecule has 4 rings (SSSR count). The Kier molecular flexibility index (Phi) is 7.46. The Hall–Kier alpha value is -3.24. The average Bonchev–Trinajstić information content (AvgIpc) is 2.85. The molecule has 0 radical (unpaired) electrons. The lowest BCUT2D eigenvalue weighted by Gasteiger charge is -2.45. The van der Waals surface area contributed by atoms with Gasteiger partial charge in [0, 0.05) is 31.2 Å². The molecule has 2 aromatic rings. The summed E-state index contributed by atoms with van der Waals surface area (Å²) < 4.78 is 0. The number of rotatable bonds is 4. The maximum absolute atomic E-state index is 13.7. The Morgan fingerprint density at radius 1 is 1.14 bits per heavy atom. The first kappa shape index (κ1) is 25.8. The minimum absolute atomic E-state index is 0.00152. The van der Waals surface area contributed by atoms with E-state index in [4.69, 9.17) is 28.2 Å². The second-order valence-electron chi connectivity index (χ2n) is 9.11. The highest BCUT2D eigenvalue weighted by molar-refractivity contribution is 6.42. The van der Waals surface area contributed by atoms with Crippen molar-refractivity contribution in [1.82, 2.24) is 25.5 Å². The number of carbonyl (C=O) groups is 3. The number of nitrogens with zero attached hydrogens (tertiary/aromatic N) is 5. The summed E-state index contributed by atoms with van der Waals surface area (Å²) in [6.07, 6.45) is 3.29. The molecule has 3 amide bonds. The number of fused-ring (bicyclic) bond motifs is 1. The molecule has 0 spiro atoms. The van der Waals surface area contributed by atoms with Crippen LogP contribution in [0.5, 0.6) is 0 Å². The average molecular weight is 532 g/mol. The third-order valence-corrected chi connectivity index (χ3v) is 6.92. The predicted molar refractivity (Wildman–Crippen MR) is 137 cm³/mol. The van der Waals surface area contributed by atoms with Crippen molar-refractivity contribution in [2.75, 3.05) is 18.5 Å². The maximum atomic E-state index is 13.7. The lowest BCUT2D eigenvalue weighted by atomic mass is 9.85. The Morgan fingerprint density at radius 2 is 1.83 bits per heavy atom. The van der Waals surface area contributed by atoms with Gasteiger partial charge in [-0.15, -0.1) is 0 Å². The number of guanidine groups is 1. The number of nitrogens with one attached hydrogen (secondary N) is 2. The molecule has 190 valence electrons. The van der Waals surface area contributed by atoms with Gasteiger partial charge in [0.15, 0.2) is 0 Å². The lowest BCUT2D eigenvalue weighted by molar-refractivity contribution is -0.124. The van der Waals surface area contributed by atoms with E-state index in [1.54, 1.807) is 23.1 Å². The molecule has 36 heavy (non-hydrogen) atoms. The Balaban J connectivity index is 1.65. The summed E-state index contributed by atoms with van der Waals surface area (Å²) in [6.45, 7) is 6.06. The van der Waals surface area contributed by atoms with Gasteiger partial charge in [0.2, 0.25) is 17.7 Å². The van der Waals surface area contributed by atoms with Crippen LogP contribution in [0.25, 0.3) is 0 Å². The molecule has 3 heterocycles. The fourth-order valence-electron chi connectivity index (χ4n) is 4.40. The second kappa shape index (κ2) is 10.4. The Labute approximate surface area is 219 Å². The number of hydrogen-bond donors (Lipinski definition) is 2. The van der Waals surface area contributed by atoms with Crippen molar-refractivity contribution in [2.24, 2.45) is 10.9 Å². The van der Waals surface area contributed by atoms with Crippen LogP contribution in [0.3, 0.4) is 0 Å². The molecule has 2 N–H and O–H groups in total. The third-order valence-electron chi connectivity index (χ3n) is 6.18. The molecule has 2 aliphatic heterocycles. The molecular formula is C24H27Cl2N7O3. The van der Waals surface area contributed by atoms with Crippen molar-refractivity contribution in [3.8, 4) is 0 Å². The summed E-state index contributed by atoms with van der Waals surface area (Å²) in [5, 5.41) is 6.38. The standard InChI is InChI=1S/C24H27Cl2N7O3/c1-12(2)30-24-31-19-11-32(22(35)14-5-6-17(25)18(26)8-14)13(3)7-16(19)23(36)33(24)15-9-28-20(29-10-15)21(34)27-4/h5-6,8-10,12-13,16,19H,7,11H2,1-4H3,(H,27,34)(H,30,31)/t13-,16?,19?/m1/s1. The van der Waals surface area contributed by atoms with Crippen molar-refractivity contribution < 1.29 is 14.4 Å². The molecule has 2 aliphatic rings. The molecule has 1 saturated heterocycles. The molecular weight excluding hydrogens is 505 g/mol. The Bertz CT molecular complexity index is 1220. The fourth-order valence-corrected chi connectivity index (χ4v) is 4.69. The molecule has 0 bridgehead atoms. The molecule has 12 heteroatoms. The van der Waals surface area contributed by atoms with Gasteiger partial charge >= 0.3 is 0 Å². The molecule has 0 saturated carbocycles. The molecule has 1 fully saturated rings. The predicted octanol–water partition coefficient (Wildman–Crippen LogP) is 2.76. The fraction of sp³-hybridized carbons (Fsp3) is 0.417. The number of hydrogen-bond acceptors (Lipinski definition) is 7. The second-order valence-corrected chi connectivity index (χ2v) is 9.93. The van der Waals surface area contributed by atoms with E-state index in [0.29, 0.717) is 33.7 Å². The monoisotopic (exact) mass is 531 g/mol. The van der Waals surface area contributed by atoms with E-state index >= 15 is 0 Å². The van der Waals surface area contributed by atoms with Crippen LogP contribution in [-0.4, -0.2) is 70.3 Å².